The van der Waals surface area contributed by atoms with Crippen molar-refractivity contribution >= 4 is 0 Å². The van der Waals surface area contributed by atoms with Gasteiger partial charge in [-0.05, 0) is 13.3 Å². The number of aliphatic hydroxyl groups excluding tert-OH is 1. The van der Waals surface area contributed by atoms with E-state index < -0.39 is 0 Å². The minimum absolute atomic E-state index is 0.289. The van der Waals surface area contributed by atoms with Gasteiger partial charge in [0, 0.05) is 45.4 Å². The summed E-state index contributed by atoms with van der Waals surface area (Å²) in [6, 6.07) is 2.00. The number of hydrogen-bond donors (Lipinski definition) is 1. The summed E-state index contributed by atoms with van der Waals surface area (Å²) in [6.07, 6.45) is 0.876. The van der Waals surface area contributed by atoms with Gasteiger partial charge < -0.3 is 14.5 Å². The maximum absolute atomic E-state index is 8.79. The zero-order valence-electron chi connectivity index (χ0n) is 10.4. The first-order chi connectivity index (χ1) is 8.28. The third kappa shape index (κ3) is 3.80. The van der Waals surface area contributed by atoms with Gasteiger partial charge in [0.1, 0.15) is 0 Å². The smallest absolute Gasteiger partial charge is 0.150 e. The van der Waals surface area contributed by atoms with Crippen LogP contribution < -0.4 is 0 Å². The topological polar surface area (TPSA) is 52.7 Å². The van der Waals surface area contributed by atoms with E-state index in [-0.39, 0.29) is 6.61 Å². The Morgan fingerprint density at radius 1 is 1.29 bits per heavy atom. The molecule has 1 N–H and O–H groups in total. The van der Waals surface area contributed by atoms with Crippen LogP contribution in [-0.4, -0.2) is 59.4 Å². The zero-order valence-corrected chi connectivity index (χ0v) is 10.4. The molecule has 0 unspecified atom stereocenters. The van der Waals surface area contributed by atoms with Crippen molar-refractivity contribution in [3.63, 3.8) is 0 Å². The molecule has 96 valence electrons. The molecule has 5 nitrogen and oxygen atoms in total. The minimum atomic E-state index is 0.289. The van der Waals surface area contributed by atoms with Crippen molar-refractivity contribution in [1.82, 2.24) is 15.0 Å². The van der Waals surface area contributed by atoms with Crippen molar-refractivity contribution in [3.05, 3.63) is 17.5 Å². The monoisotopic (exact) mass is 239 g/mol. The molecule has 2 heterocycles. The number of aliphatic hydroxyl groups is 1. The second-order valence-electron chi connectivity index (χ2n) is 4.63. The highest BCUT2D eigenvalue weighted by Crippen LogP contribution is 2.09. The molecule has 1 aliphatic heterocycles. The number of piperazine rings is 1. The SMILES string of the molecule is Cc1cc(CN2CCN(CCCO)CC2)on1. The highest BCUT2D eigenvalue weighted by atomic mass is 16.5. The van der Waals surface area contributed by atoms with Gasteiger partial charge in [-0.3, -0.25) is 4.90 Å². The van der Waals surface area contributed by atoms with Crippen LogP contribution in [0.5, 0.6) is 0 Å². The first-order valence-corrected chi connectivity index (χ1v) is 6.25. The van der Waals surface area contributed by atoms with Gasteiger partial charge in [0.2, 0.25) is 0 Å². The predicted octanol–water partition coefficient (Wildman–Crippen LogP) is 0.483. The molecule has 2 rings (SSSR count). The number of aryl methyl sites for hydroxylation is 1. The van der Waals surface area contributed by atoms with Crippen molar-refractivity contribution in [2.24, 2.45) is 0 Å². The Morgan fingerprint density at radius 3 is 2.59 bits per heavy atom. The van der Waals surface area contributed by atoms with Crippen LogP contribution in [0.1, 0.15) is 17.9 Å². The molecule has 1 aromatic heterocycles. The van der Waals surface area contributed by atoms with Crippen LogP contribution in [0.25, 0.3) is 0 Å². The molecule has 5 heteroatoms. The van der Waals surface area contributed by atoms with Crippen LogP contribution in [0.15, 0.2) is 10.6 Å². The summed E-state index contributed by atoms with van der Waals surface area (Å²) >= 11 is 0. The third-order valence-corrected chi connectivity index (χ3v) is 3.15. The fraction of sp³-hybridized carbons (Fsp3) is 0.750. The van der Waals surface area contributed by atoms with Crippen LogP contribution >= 0.6 is 0 Å². The van der Waals surface area contributed by atoms with E-state index in [1.807, 2.05) is 13.0 Å². The molecule has 1 fully saturated rings. The van der Waals surface area contributed by atoms with Gasteiger partial charge in [0.25, 0.3) is 0 Å². The Bertz CT molecular complexity index is 332. The fourth-order valence-corrected chi connectivity index (χ4v) is 2.18. The summed E-state index contributed by atoms with van der Waals surface area (Å²) in [4.78, 5) is 4.79. The zero-order chi connectivity index (χ0) is 12.1. The largest absolute Gasteiger partial charge is 0.396 e. The van der Waals surface area contributed by atoms with Crippen LogP contribution in [0.3, 0.4) is 0 Å². The molecule has 0 amide bonds. The number of nitrogens with zero attached hydrogens (tertiary/aromatic N) is 3. The quantitative estimate of drug-likeness (QED) is 0.810. The summed E-state index contributed by atoms with van der Waals surface area (Å²) < 4.78 is 5.22. The molecule has 0 radical (unpaired) electrons. The van der Waals surface area contributed by atoms with Gasteiger partial charge in [-0.2, -0.15) is 0 Å². The van der Waals surface area contributed by atoms with E-state index in [0.29, 0.717) is 0 Å². The minimum Gasteiger partial charge on any atom is -0.396 e. The van der Waals surface area contributed by atoms with E-state index in [1.54, 1.807) is 0 Å². The van der Waals surface area contributed by atoms with E-state index >= 15 is 0 Å². The first kappa shape index (κ1) is 12.5. The van der Waals surface area contributed by atoms with Gasteiger partial charge in [0.05, 0.1) is 12.2 Å². The van der Waals surface area contributed by atoms with Gasteiger partial charge in [-0.25, -0.2) is 0 Å². The van der Waals surface area contributed by atoms with Crippen LogP contribution in [0.2, 0.25) is 0 Å². The molecular formula is C12H21N3O2. The molecular weight excluding hydrogens is 218 g/mol. The highest BCUT2D eigenvalue weighted by Gasteiger charge is 2.17. The molecule has 1 saturated heterocycles. The van der Waals surface area contributed by atoms with Crippen molar-refractivity contribution < 1.29 is 9.63 Å². The van der Waals surface area contributed by atoms with E-state index in [9.17, 15) is 0 Å². The van der Waals surface area contributed by atoms with Crippen molar-refractivity contribution in [1.29, 1.82) is 0 Å². The standard InChI is InChI=1S/C12H21N3O2/c1-11-9-12(17-13-11)10-15-6-4-14(5-7-15)3-2-8-16/h9,16H,2-8,10H2,1H3. The van der Waals surface area contributed by atoms with E-state index in [0.717, 1.165) is 57.1 Å². The number of rotatable bonds is 5. The first-order valence-electron chi connectivity index (χ1n) is 6.25. The Labute approximate surface area is 102 Å². The summed E-state index contributed by atoms with van der Waals surface area (Å²) in [5.74, 6) is 0.950. The Balaban J connectivity index is 1.72. The van der Waals surface area contributed by atoms with E-state index in [2.05, 4.69) is 15.0 Å². The molecule has 0 atom stereocenters. The molecule has 1 aliphatic rings. The molecule has 0 aromatic carbocycles. The lowest BCUT2D eigenvalue weighted by Gasteiger charge is -2.33. The third-order valence-electron chi connectivity index (χ3n) is 3.15. The summed E-state index contributed by atoms with van der Waals surface area (Å²) in [5.41, 5.74) is 0.946. The maximum Gasteiger partial charge on any atom is 0.150 e. The Kier molecular flexibility index (Phi) is 4.53. The molecule has 1 aromatic rings. The second kappa shape index (κ2) is 6.14. The Morgan fingerprint density at radius 2 is 2.00 bits per heavy atom. The van der Waals surface area contributed by atoms with Gasteiger partial charge in [-0.15, -0.1) is 0 Å². The molecule has 0 bridgehead atoms. The normalized spacial score (nSPS) is 18.7. The van der Waals surface area contributed by atoms with Gasteiger partial charge in [-0.1, -0.05) is 5.16 Å². The predicted molar refractivity (Wildman–Crippen MR) is 64.7 cm³/mol. The average Bonchev–Trinajstić information content (AvgIpc) is 2.74. The van der Waals surface area contributed by atoms with Crippen molar-refractivity contribution in [2.45, 2.75) is 19.9 Å². The second-order valence-corrected chi connectivity index (χ2v) is 4.63. The average molecular weight is 239 g/mol. The van der Waals surface area contributed by atoms with Crippen molar-refractivity contribution in [2.75, 3.05) is 39.3 Å². The van der Waals surface area contributed by atoms with Crippen LogP contribution in [-0.2, 0) is 6.54 Å². The number of aromatic nitrogens is 1. The molecule has 17 heavy (non-hydrogen) atoms. The highest BCUT2D eigenvalue weighted by molar-refractivity contribution is 5.02. The molecule has 0 spiro atoms. The van der Waals surface area contributed by atoms with Gasteiger partial charge >= 0.3 is 0 Å². The van der Waals surface area contributed by atoms with E-state index in [4.69, 9.17) is 9.63 Å². The molecule has 0 aliphatic carbocycles. The molecule has 0 saturated carbocycles. The maximum atomic E-state index is 8.79. The lowest BCUT2D eigenvalue weighted by molar-refractivity contribution is 0.112. The summed E-state index contributed by atoms with van der Waals surface area (Å²) in [6.45, 7) is 8.37. The van der Waals surface area contributed by atoms with Crippen LogP contribution in [0, 0.1) is 6.92 Å². The Hall–Kier alpha value is -0.910. The number of hydrogen-bond acceptors (Lipinski definition) is 5. The fourth-order valence-electron chi connectivity index (χ4n) is 2.18. The van der Waals surface area contributed by atoms with E-state index in [1.165, 1.54) is 0 Å². The summed E-state index contributed by atoms with van der Waals surface area (Å²) in [5, 5.41) is 12.7. The van der Waals surface area contributed by atoms with Crippen molar-refractivity contribution in [3.8, 4) is 0 Å². The lowest BCUT2D eigenvalue weighted by atomic mass is 10.2. The summed E-state index contributed by atoms with van der Waals surface area (Å²) in [7, 11) is 0. The van der Waals surface area contributed by atoms with Crippen LogP contribution in [0.4, 0.5) is 0 Å². The van der Waals surface area contributed by atoms with Gasteiger partial charge in [0.15, 0.2) is 5.76 Å². The lowest BCUT2D eigenvalue weighted by Crippen LogP contribution is -2.46.